The van der Waals surface area contributed by atoms with Gasteiger partial charge in [-0.25, -0.2) is 4.79 Å². The first kappa shape index (κ1) is 26.5. The number of carbonyl (C=O) groups excluding carboxylic acids is 2. The summed E-state index contributed by atoms with van der Waals surface area (Å²) in [6.45, 7) is 5.92. The van der Waals surface area contributed by atoms with Crippen LogP contribution in [-0.4, -0.2) is 54.8 Å². The number of anilines is 1. The number of nitrogens with one attached hydrogen (secondary N) is 1. The molecule has 1 aromatic carbocycles. The van der Waals surface area contributed by atoms with Crippen LogP contribution in [0.25, 0.3) is 0 Å². The molecule has 2 N–H and O–H groups in total. The van der Waals surface area contributed by atoms with Gasteiger partial charge in [-0.1, -0.05) is 42.3 Å². The maximum Gasteiger partial charge on any atom is 0.409 e. The van der Waals surface area contributed by atoms with Crippen molar-refractivity contribution in [3.63, 3.8) is 0 Å². The van der Waals surface area contributed by atoms with Gasteiger partial charge in [-0.2, -0.15) is 0 Å². The Labute approximate surface area is 217 Å². The fourth-order valence-electron chi connectivity index (χ4n) is 5.19. The number of ether oxygens (including phenoxy) is 3. The number of allylic oxidation sites excluding steroid dienone is 3. The van der Waals surface area contributed by atoms with Crippen molar-refractivity contribution in [2.75, 3.05) is 19.1 Å². The number of epoxide rings is 1. The molecule has 0 aliphatic carbocycles. The number of methoxy groups -OCH3 is 1. The van der Waals surface area contributed by atoms with E-state index in [1.807, 2.05) is 51.1 Å². The molecule has 9 heteroatoms. The Morgan fingerprint density at radius 2 is 2.06 bits per heavy atom. The van der Waals surface area contributed by atoms with Gasteiger partial charge >= 0.3 is 6.09 Å². The minimum Gasteiger partial charge on any atom is -0.495 e. The topological polar surface area (TPSA) is 101 Å². The Kier molecular flexibility index (Phi) is 7.42. The second-order valence-corrected chi connectivity index (χ2v) is 10.8. The number of aliphatic hydroxyl groups is 1. The fraction of sp³-hybridized carbons (Fsp3) is 0.556. The first-order valence-corrected chi connectivity index (χ1v) is 12.7. The van der Waals surface area contributed by atoms with Crippen molar-refractivity contribution in [3.8, 4) is 5.75 Å². The van der Waals surface area contributed by atoms with Gasteiger partial charge in [-0.3, -0.25) is 10.1 Å². The summed E-state index contributed by atoms with van der Waals surface area (Å²) >= 11 is 6.59. The van der Waals surface area contributed by atoms with Crippen LogP contribution in [0, 0.1) is 5.92 Å². The molecule has 2 fully saturated rings. The molecule has 4 bridgehead atoms. The summed E-state index contributed by atoms with van der Waals surface area (Å²) in [5, 5.41) is 14.0. The van der Waals surface area contributed by atoms with Crippen molar-refractivity contribution in [2.45, 2.75) is 76.4 Å². The normalized spacial score (nSPS) is 35.6. The zero-order valence-corrected chi connectivity index (χ0v) is 22.2. The van der Waals surface area contributed by atoms with Crippen LogP contribution in [0.4, 0.5) is 10.5 Å². The molecule has 4 rings (SSSR count). The third-order valence-electron chi connectivity index (χ3n) is 7.46. The number of amides is 2. The van der Waals surface area contributed by atoms with Crippen molar-refractivity contribution >= 4 is 29.3 Å². The van der Waals surface area contributed by atoms with E-state index in [4.69, 9.17) is 25.8 Å². The largest absolute Gasteiger partial charge is 0.495 e. The van der Waals surface area contributed by atoms with E-state index >= 15 is 0 Å². The molecule has 0 radical (unpaired) electrons. The predicted octanol–water partition coefficient (Wildman–Crippen LogP) is 4.52. The zero-order chi connectivity index (χ0) is 26.3. The van der Waals surface area contributed by atoms with Crippen LogP contribution >= 0.6 is 11.6 Å². The smallest absolute Gasteiger partial charge is 0.409 e. The van der Waals surface area contributed by atoms with Gasteiger partial charge in [0.1, 0.15) is 22.6 Å². The van der Waals surface area contributed by atoms with Crippen molar-refractivity contribution in [1.29, 1.82) is 0 Å². The van der Waals surface area contributed by atoms with E-state index in [1.165, 1.54) is 0 Å². The van der Waals surface area contributed by atoms with Gasteiger partial charge < -0.3 is 24.2 Å². The van der Waals surface area contributed by atoms with Gasteiger partial charge in [0.05, 0.1) is 24.5 Å². The summed E-state index contributed by atoms with van der Waals surface area (Å²) in [5.74, 6) is 0.272. The maximum atomic E-state index is 13.2. The Morgan fingerprint density at radius 1 is 1.31 bits per heavy atom. The molecule has 3 aliphatic rings. The Hall–Kier alpha value is -2.55. The quantitative estimate of drug-likeness (QED) is 0.530. The van der Waals surface area contributed by atoms with E-state index in [-0.39, 0.29) is 37.2 Å². The molecule has 5 atom stereocenters. The van der Waals surface area contributed by atoms with E-state index < -0.39 is 23.5 Å². The van der Waals surface area contributed by atoms with Gasteiger partial charge in [0.15, 0.2) is 0 Å². The highest BCUT2D eigenvalue weighted by Crippen LogP contribution is 2.47. The highest BCUT2D eigenvalue weighted by Gasteiger charge is 2.58. The van der Waals surface area contributed by atoms with Crippen LogP contribution < -0.4 is 15.0 Å². The van der Waals surface area contributed by atoms with Gasteiger partial charge in [-0.15, -0.1) is 0 Å². The van der Waals surface area contributed by atoms with Crippen LogP contribution in [0.2, 0.25) is 5.02 Å². The zero-order valence-electron chi connectivity index (χ0n) is 21.5. The second kappa shape index (κ2) is 10.1. The highest BCUT2D eigenvalue weighted by molar-refractivity contribution is 6.35. The lowest BCUT2D eigenvalue weighted by Crippen LogP contribution is -2.57. The monoisotopic (exact) mass is 518 g/mol. The first-order chi connectivity index (χ1) is 16.9. The number of carbonyl (C=O) groups is 2. The van der Waals surface area contributed by atoms with Gasteiger partial charge in [0.25, 0.3) is 0 Å². The lowest BCUT2D eigenvalue weighted by atomic mass is 9.85. The van der Waals surface area contributed by atoms with E-state index in [0.717, 1.165) is 11.1 Å². The number of rotatable bonds is 1. The lowest BCUT2D eigenvalue weighted by molar-refractivity contribution is -0.118. The fourth-order valence-corrected chi connectivity index (χ4v) is 5.51. The summed E-state index contributed by atoms with van der Waals surface area (Å²) in [5.41, 5.74) is 0.692. The highest BCUT2D eigenvalue weighted by atomic mass is 35.5. The van der Waals surface area contributed by atoms with Crippen LogP contribution in [-0.2, 0) is 20.7 Å². The molecule has 2 amide bonds. The molecule has 0 aromatic heterocycles. The Bertz CT molecular complexity index is 1100. The molecule has 196 valence electrons. The predicted molar refractivity (Wildman–Crippen MR) is 137 cm³/mol. The number of hydrogen-bond acceptors (Lipinski definition) is 6. The molecule has 2 saturated heterocycles. The van der Waals surface area contributed by atoms with Crippen LogP contribution in [0.15, 0.2) is 35.9 Å². The average molecular weight is 519 g/mol. The van der Waals surface area contributed by atoms with Crippen molar-refractivity contribution in [1.82, 2.24) is 5.32 Å². The number of alkyl carbamates (subject to hydrolysis) is 1. The molecule has 1 unspecified atom stereocenters. The minimum absolute atomic E-state index is 0.0879. The lowest BCUT2D eigenvalue weighted by Gasteiger charge is -2.38. The summed E-state index contributed by atoms with van der Waals surface area (Å²) in [6.07, 6.45) is 6.20. The summed E-state index contributed by atoms with van der Waals surface area (Å²) in [7, 11) is 3.27. The van der Waals surface area contributed by atoms with Crippen molar-refractivity contribution in [3.05, 3.63) is 46.5 Å². The maximum absolute atomic E-state index is 13.2. The number of benzene rings is 1. The third kappa shape index (κ3) is 5.56. The van der Waals surface area contributed by atoms with Crippen LogP contribution in [0.5, 0.6) is 5.75 Å². The Balaban J connectivity index is 1.66. The molecule has 3 heterocycles. The summed E-state index contributed by atoms with van der Waals surface area (Å²) < 4.78 is 17.0. The number of halogens is 1. The van der Waals surface area contributed by atoms with E-state index in [9.17, 15) is 14.7 Å². The minimum atomic E-state index is -1.40. The second-order valence-electron chi connectivity index (χ2n) is 10.4. The summed E-state index contributed by atoms with van der Waals surface area (Å²) in [6, 6.07) is 3.79. The number of hydrogen-bond donors (Lipinski definition) is 2. The molecule has 3 aliphatic heterocycles. The Morgan fingerprint density at radius 3 is 2.78 bits per heavy atom. The molecule has 0 saturated carbocycles. The van der Waals surface area contributed by atoms with Crippen molar-refractivity contribution in [2.24, 2.45) is 5.92 Å². The van der Waals surface area contributed by atoms with Gasteiger partial charge in [-0.05, 0) is 44.4 Å². The number of nitrogens with zero attached hydrogens (tertiary/aromatic N) is 1. The third-order valence-corrected chi connectivity index (χ3v) is 7.84. The number of fused-ring (bicyclic) bond motifs is 5. The molecule has 8 nitrogen and oxygen atoms in total. The molecule has 1 aromatic rings. The molecule has 36 heavy (non-hydrogen) atoms. The molecular formula is C27H35ClN2O6. The molecule has 0 spiro atoms. The van der Waals surface area contributed by atoms with Crippen molar-refractivity contribution < 1.29 is 28.9 Å². The van der Waals surface area contributed by atoms with Crippen LogP contribution in [0.1, 0.15) is 52.0 Å². The average Bonchev–Trinajstić information content (AvgIpc) is 3.50. The first-order valence-electron chi connectivity index (χ1n) is 12.3. The standard InChI is InChI=1S/C27H35ClN2O6/c1-16-8-6-7-10-27(33)15-21(35-25(32)29-27)17(2)24-26(3,36-24)11-9-22(31)30(4)19-13-18(12-16)14-20(34-5)23(19)28/h6-8,13-14,17,21,24,33H,9-12,15H2,1-5H3,(H,29,32)/b7-6+,16-8+/t17-,21+,24?,26+,27-/m1/s1. The SMILES string of the molecule is COc1cc2cc(c1Cl)N(C)C(=O)CC[C@]1(C)OC1[C@H](C)[C@@H]1C[C@](O)(C/C=C/C=C(\C)C2)NC(=O)O1. The van der Waals surface area contributed by atoms with E-state index in [1.54, 1.807) is 19.1 Å². The van der Waals surface area contributed by atoms with Gasteiger partial charge in [0, 0.05) is 32.2 Å². The van der Waals surface area contributed by atoms with E-state index in [0.29, 0.717) is 29.3 Å². The van der Waals surface area contributed by atoms with Crippen LogP contribution in [0.3, 0.4) is 0 Å². The van der Waals surface area contributed by atoms with E-state index in [2.05, 4.69) is 5.32 Å². The molecular weight excluding hydrogens is 484 g/mol. The van der Waals surface area contributed by atoms with Gasteiger partial charge in [0.2, 0.25) is 5.91 Å². The summed E-state index contributed by atoms with van der Waals surface area (Å²) in [4.78, 5) is 27.0.